The molecule has 0 saturated carbocycles. The van der Waals surface area contributed by atoms with Crippen LogP contribution >= 0.6 is 0 Å². The quantitative estimate of drug-likeness (QED) is 0.718. The molecule has 0 spiro atoms. The van der Waals surface area contributed by atoms with E-state index in [0.29, 0.717) is 11.8 Å². The van der Waals surface area contributed by atoms with Crippen molar-refractivity contribution in [2.24, 2.45) is 0 Å². The van der Waals surface area contributed by atoms with Crippen LogP contribution in [0.25, 0.3) is 0 Å². The second-order valence-electron chi connectivity index (χ2n) is 6.11. The van der Waals surface area contributed by atoms with Crippen LogP contribution in [0.5, 0.6) is 0 Å². The van der Waals surface area contributed by atoms with Gasteiger partial charge in [0.2, 0.25) is 0 Å². The Bertz CT molecular complexity index is 565. The minimum absolute atomic E-state index is 0.515. The SMILES string of the molecule is Cc1ccc(Nc2cccc(C(C)C)c2C(C)C)cc1. The topological polar surface area (TPSA) is 12.0 Å². The largest absolute Gasteiger partial charge is 0.355 e. The third-order valence-electron chi connectivity index (χ3n) is 3.67. The van der Waals surface area contributed by atoms with E-state index >= 15 is 0 Å². The molecule has 0 radical (unpaired) electrons. The molecule has 1 heteroatoms. The van der Waals surface area contributed by atoms with Gasteiger partial charge in [-0.15, -0.1) is 0 Å². The lowest BCUT2D eigenvalue weighted by Crippen LogP contribution is -2.03. The lowest BCUT2D eigenvalue weighted by molar-refractivity contribution is 0.792. The van der Waals surface area contributed by atoms with Crippen LogP contribution in [0.4, 0.5) is 11.4 Å². The standard InChI is InChI=1S/C19H25N/c1-13(2)17-7-6-8-18(19(17)14(3)4)20-16-11-9-15(5)10-12-16/h6-14,20H,1-5H3. The summed E-state index contributed by atoms with van der Waals surface area (Å²) in [4.78, 5) is 0. The summed E-state index contributed by atoms with van der Waals surface area (Å²) in [7, 11) is 0. The summed E-state index contributed by atoms with van der Waals surface area (Å²) in [5.74, 6) is 1.06. The first-order valence-corrected chi connectivity index (χ1v) is 7.45. The number of hydrogen-bond donors (Lipinski definition) is 1. The molecule has 0 amide bonds. The number of hydrogen-bond acceptors (Lipinski definition) is 1. The summed E-state index contributed by atoms with van der Waals surface area (Å²) in [6.45, 7) is 11.2. The van der Waals surface area contributed by atoms with E-state index in [0.717, 1.165) is 5.69 Å². The van der Waals surface area contributed by atoms with Crippen LogP contribution in [0, 0.1) is 6.92 Å². The maximum atomic E-state index is 3.58. The monoisotopic (exact) mass is 267 g/mol. The zero-order chi connectivity index (χ0) is 14.7. The molecule has 0 atom stereocenters. The van der Waals surface area contributed by atoms with Gasteiger partial charge in [0.05, 0.1) is 0 Å². The predicted molar refractivity (Wildman–Crippen MR) is 89.1 cm³/mol. The second-order valence-corrected chi connectivity index (χ2v) is 6.11. The van der Waals surface area contributed by atoms with Gasteiger partial charge >= 0.3 is 0 Å². The normalized spacial score (nSPS) is 11.2. The van der Waals surface area contributed by atoms with Gasteiger partial charge in [-0.05, 0) is 48.1 Å². The van der Waals surface area contributed by atoms with Crippen molar-refractivity contribution in [1.82, 2.24) is 0 Å². The Labute approximate surface area is 123 Å². The Kier molecular flexibility index (Phi) is 4.49. The van der Waals surface area contributed by atoms with Crippen LogP contribution in [-0.4, -0.2) is 0 Å². The first-order chi connectivity index (χ1) is 9.49. The number of rotatable bonds is 4. The maximum absolute atomic E-state index is 3.58. The summed E-state index contributed by atoms with van der Waals surface area (Å²) < 4.78 is 0. The minimum Gasteiger partial charge on any atom is -0.355 e. The molecule has 0 heterocycles. The fourth-order valence-corrected chi connectivity index (χ4v) is 2.63. The molecule has 0 fully saturated rings. The lowest BCUT2D eigenvalue weighted by atomic mass is 9.89. The van der Waals surface area contributed by atoms with Gasteiger partial charge in [0.25, 0.3) is 0 Å². The minimum atomic E-state index is 0.515. The number of benzene rings is 2. The van der Waals surface area contributed by atoms with Gasteiger partial charge in [-0.1, -0.05) is 57.5 Å². The Balaban J connectivity index is 2.40. The smallest absolute Gasteiger partial charge is 0.0422 e. The Morgan fingerprint density at radius 3 is 2.00 bits per heavy atom. The van der Waals surface area contributed by atoms with E-state index in [1.807, 2.05) is 0 Å². The molecule has 1 nitrogen and oxygen atoms in total. The molecule has 0 bridgehead atoms. The molecule has 0 aromatic heterocycles. The van der Waals surface area contributed by atoms with E-state index in [-0.39, 0.29) is 0 Å². The summed E-state index contributed by atoms with van der Waals surface area (Å²) in [5, 5.41) is 3.58. The first kappa shape index (κ1) is 14.6. The summed E-state index contributed by atoms with van der Waals surface area (Å²) >= 11 is 0. The molecule has 1 N–H and O–H groups in total. The Morgan fingerprint density at radius 2 is 1.45 bits per heavy atom. The highest BCUT2D eigenvalue weighted by Crippen LogP contribution is 2.34. The summed E-state index contributed by atoms with van der Waals surface area (Å²) in [6.07, 6.45) is 0. The van der Waals surface area contributed by atoms with Crippen LogP contribution in [0.2, 0.25) is 0 Å². The maximum Gasteiger partial charge on any atom is 0.0422 e. The third-order valence-corrected chi connectivity index (χ3v) is 3.67. The van der Waals surface area contributed by atoms with Crippen molar-refractivity contribution in [3.8, 4) is 0 Å². The van der Waals surface area contributed by atoms with Crippen LogP contribution in [0.15, 0.2) is 42.5 Å². The molecule has 2 aromatic carbocycles. The average Bonchev–Trinajstić information content (AvgIpc) is 2.40. The van der Waals surface area contributed by atoms with Crippen molar-refractivity contribution in [2.75, 3.05) is 5.32 Å². The van der Waals surface area contributed by atoms with E-state index in [1.54, 1.807) is 0 Å². The molecule has 0 aliphatic heterocycles. The molecule has 20 heavy (non-hydrogen) atoms. The molecule has 2 aromatic rings. The van der Waals surface area contributed by atoms with Crippen LogP contribution < -0.4 is 5.32 Å². The second kappa shape index (κ2) is 6.13. The number of anilines is 2. The van der Waals surface area contributed by atoms with Gasteiger partial charge in [-0.25, -0.2) is 0 Å². The Morgan fingerprint density at radius 1 is 0.800 bits per heavy atom. The van der Waals surface area contributed by atoms with E-state index < -0.39 is 0 Å². The van der Waals surface area contributed by atoms with Crippen molar-refractivity contribution in [2.45, 2.75) is 46.5 Å². The van der Waals surface area contributed by atoms with Crippen molar-refractivity contribution in [3.63, 3.8) is 0 Å². The van der Waals surface area contributed by atoms with Gasteiger partial charge in [0.15, 0.2) is 0 Å². The van der Waals surface area contributed by atoms with E-state index in [9.17, 15) is 0 Å². The van der Waals surface area contributed by atoms with Crippen molar-refractivity contribution in [3.05, 3.63) is 59.2 Å². The highest BCUT2D eigenvalue weighted by Gasteiger charge is 2.14. The highest BCUT2D eigenvalue weighted by atomic mass is 14.9. The van der Waals surface area contributed by atoms with Crippen molar-refractivity contribution >= 4 is 11.4 Å². The molecule has 2 rings (SSSR count). The van der Waals surface area contributed by atoms with E-state index in [2.05, 4.69) is 82.4 Å². The van der Waals surface area contributed by atoms with Crippen molar-refractivity contribution < 1.29 is 0 Å². The molecule has 0 saturated heterocycles. The van der Waals surface area contributed by atoms with Gasteiger partial charge in [0.1, 0.15) is 0 Å². The Hall–Kier alpha value is -1.76. The summed E-state index contributed by atoms with van der Waals surface area (Å²) in [6, 6.07) is 15.1. The molecule has 106 valence electrons. The van der Waals surface area contributed by atoms with Crippen LogP contribution in [0.3, 0.4) is 0 Å². The predicted octanol–water partition coefficient (Wildman–Crippen LogP) is 5.99. The van der Waals surface area contributed by atoms with Gasteiger partial charge < -0.3 is 5.32 Å². The van der Waals surface area contributed by atoms with Crippen LogP contribution in [0.1, 0.15) is 56.2 Å². The average molecular weight is 267 g/mol. The highest BCUT2D eigenvalue weighted by molar-refractivity contribution is 5.66. The number of aryl methyl sites for hydroxylation is 1. The number of nitrogens with one attached hydrogen (secondary N) is 1. The van der Waals surface area contributed by atoms with Crippen molar-refractivity contribution in [1.29, 1.82) is 0 Å². The fraction of sp³-hybridized carbons (Fsp3) is 0.368. The molecular weight excluding hydrogens is 242 g/mol. The first-order valence-electron chi connectivity index (χ1n) is 7.45. The zero-order valence-electron chi connectivity index (χ0n) is 13.2. The third kappa shape index (κ3) is 3.22. The summed E-state index contributed by atoms with van der Waals surface area (Å²) in [5.41, 5.74) is 6.55. The lowest BCUT2D eigenvalue weighted by Gasteiger charge is -2.21. The van der Waals surface area contributed by atoms with Crippen LogP contribution in [-0.2, 0) is 0 Å². The van der Waals surface area contributed by atoms with Gasteiger partial charge in [0, 0.05) is 11.4 Å². The molecule has 0 aliphatic carbocycles. The molecular formula is C19H25N. The molecule has 0 unspecified atom stereocenters. The van der Waals surface area contributed by atoms with E-state index in [1.165, 1.54) is 22.4 Å². The zero-order valence-corrected chi connectivity index (χ0v) is 13.2. The fourth-order valence-electron chi connectivity index (χ4n) is 2.63. The van der Waals surface area contributed by atoms with Gasteiger partial charge in [-0.3, -0.25) is 0 Å². The van der Waals surface area contributed by atoms with E-state index in [4.69, 9.17) is 0 Å². The van der Waals surface area contributed by atoms with Gasteiger partial charge in [-0.2, -0.15) is 0 Å². The molecule has 0 aliphatic rings.